The Morgan fingerprint density at radius 2 is 1.94 bits per heavy atom. The van der Waals surface area contributed by atoms with Gasteiger partial charge < -0.3 is 14.5 Å². The van der Waals surface area contributed by atoms with Crippen molar-refractivity contribution in [1.82, 2.24) is 19.7 Å². The number of rotatable bonds is 6. The molecule has 0 saturated carbocycles. The maximum Gasteiger partial charge on any atom is 0.573 e. The molecule has 2 aromatic heterocycles. The molecule has 0 radical (unpaired) electrons. The monoisotopic (exact) mass is 478 g/mol. The van der Waals surface area contributed by atoms with E-state index in [-0.39, 0.29) is 34.6 Å². The lowest BCUT2D eigenvalue weighted by Gasteiger charge is -2.13. The Morgan fingerprint density at radius 3 is 2.67 bits per heavy atom. The lowest BCUT2D eigenvalue weighted by atomic mass is 10.1. The first-order valence-corrected chi connectivity index (χ1v) is 10.3. The van der Waals surface area contributed by atoms with E-state index in [1.807, 2.05) is 13.8 Å². The van der Waals surface area contributed by atoms with Gasteiger partial charge in [0.25, 0.3) is 5.56 Å². The molecule has 11 heteroatoms. The predicted molar refractivity (Wildman–Crippen MR) is 116 cm³/mol. The van der Waals surface area contributed by atoms with E-state index >= 15 is 0 Å². The fraction of sp³-hybridized carbons (Fsp3) is 0.227. The Balaban J connectivity index is 1.78. The largest absolute Gasteiger partial charge is 0.573 e. The number of aromatic nitrogens is 4. The molecule has 172 valence electrons. The summed E-state index contributed by atoms with van der Waals surface area (Å²) in [5.74, 6) is 0.396. The molecule has 0 saturated heterocycles. The molecule has 2 heterocycles. The molecule has 4 rings (SSSR count). The lowest BCUT2D eigenvalue weighted by molar-refractivity contribution is -0.274. The van der Waals surface area contributed by atoms with Crippen molar-refractivity contribution in [2.24, 2.45) is 0 Å². The summed E-state index contributed by atoms with van der Waals surface area (Å²) >= 11 is 6.44. The summed E-state index contributed by atoms with van der Waals surface area (Å²) < 4.78 is 49.3. The smallest absolute Gasteiger partial charge is 0.494 e. The molecule has 0 aliphatic rings. The van der Waals surface area contributed by atoms with Gasteiger partial charge in [-0.25, -0.2) is 9.67 Å². The highest BCUT2D eigenvalue weighted by molar-refractivity contribution is 6.32. The summed E-state index contributed by atoms with van der Waals surface area (Å²) in [6.45, 7) is 4.18. The van der Waals surface area contributed by atoms with Crippen LogP contribution in [-0.4, -0.2) is 32.7 Å². The van der Waals surface area contributed by atoms with E-state index in [4.69, 9.17) is 16.3 Å². The molecule has 0 bridgehead atoms. The summed E-state index contributed by atoms with van der Waals surface area (Å²) in [4.78, 5) is 19.7. The van der Waals surface area contributed by atoms with Crippen LogP contribution in [0.1, 0.15) is 23.9 Å². The number of hydrogen-bond acceptors (Lipinski definition) is 5. The number of nitrogens with zero attached hydrogens (tertiary/aromatic N) is 3. The van der Waals surface area contributed by atoms with E-state index in [2.05, 4.69) is 19.8 Å². The average Bonchev–Trinajstić information content (AvgIpc) is 3.15. The Hall–Kier alpha value is -3.53. The quantitative estimate of drug-likeness (QED) is 0.423. The van der Waals surface area contributed by atoms with Crippen molar-refractivity contribution < 1.29 is 22.6 Å². The van der Waals surface area contributed by atoms with E-state index < -0.39 is 11.9 Å². The van der Waals surface area contributed by atoms with Crippen LogP contribution in [0.3, 0.4) is 0 Å². The number of ether oxygens (including phenoxy) is 2. The zero-order valence-electron chi connectivity index (χ0n) is 17.5. The van der Waals surface area contributed by atoms with Gasteiger partial charge in [0.2, 0.25) is 0 Å². The summed E-state index contributed by atoms with van der Waals surface area (Å²) in [5, 5.41) is 4.80. The zero-order chi connectivity index (χ0) is 23.8. The van der Waals surface area contributed by atoms with Gasteiger partial charge in [-0.3, -0.25) is 4.79 Å². The molecular formula is C22H18ClF3N4O3. The minimum absolute atomic E-state index is 0.0986. The molecule has 0 amide bonds. The van der Waals surface area contributed by atoms with E-state index in [1.54, 1.807) is 18.2 Å². The number of benzene rings is 2. The minimum Gasteiger partial charge on any atom is -0.494 e. The average molecular weight is 479 g/mol. The first kappa shape index (κ1) is 22.7. The van der Waals surface area contributed by atoms with Crippen LogP contribution < -0.4 is 15.0 Å². The van der Waals surface area contributed by atoms with Crippen LogP contribution >= 0.6 is 11.6 Å². The van der Waals surface area contributed by atoms with Gasteiger partial charge in [-0.1, -0.05) is 29.8 Å². The van der Waals surface area contributed by atoms with Gasteiger partial charge in [0.05, 0.1) is 23.5 Å². The second-order valence-corrected chi connectivity index (χ2v) is 7.55. The first-order chi connectivity index (χ1) is 15.7. The number of aryl methyl sites for hydroxylation is 1. The van der Waals surface area contributed by atoms with Gasteiger partial charge in [-0.05, 0) is 31.5 Å². The summed E-state index contributed by atoms with van der Waals surface area (Å²) in [6.07, 6.45) is -3.59. The number of aromatic amines is 1. The van der Waals surface area contributed by atoms with Crippen LogP contribution in [0.5, 0.6) is 11.5 Å². The normalized spacial score (nSPS) is 11.7. The number of halogens is 4. The van der Waals surface area contributed by atoms with Crippen molar-refractivity contribution in [3.8, 4) is 17.2 Å². The molecule has 0 spiro atoms. The predicted octanol–water partition coefficient (Wildman–Crippen LogP) is 4.96. The van der Waals surface area contributed by atoms with Crippen molar-refractivity contribution in [2.75, 3.05) is 6.61 Å². The molecule has 0 atom stereocenters. The third-order valence-corrected chi connectivity index (χ3v) is 5.12. The standard InChI is InChI=1S/C22H18ClF3N4O3/c1-3-32-18-10-15(23)16(8-12(18)2)30-20-14(11-27-30)21(31)29-19(28-20)9-13-6-4-5-7-17(13)33-22(24,25)26/h4-8,10-11H,3,9H2,1-2H3,(H,28,29,31). The lowest BCUT2D eigenvalue weighted by Crippen LogP contribution is -2.18. The van der Waals surface area contributed by atoms with Gasteiger partial charge in [0.15, 0.2) is 5.65 Å². The van der Waals surface area contributed by atoms with Crippen molar-refractivity contribution in [1.29, 1.82) is 0 Å². The van der Waals surface area contributed by atoms with Gasteiger partial charge in [-0.2, -0.15) is 5.10 Å². The molecule has 1 N–H and O–H groups in total. The SMILES string of the molecule is CCOc1cc(Cl)c(-n2ncc3c(=O)[nH]c(Cc4ccccc4OC(F)(F)F)nc32)cc1C. The van der Waals surface area contributed by atoms with Gasteiger partial charge in [0.1, 0.15) is 22.7 Å². The molecule has 0 aliphatic carbocycles. The van der Waals surface area contributed by atoms with Crippen LogP contribution in [0.2, 0.25) is 5.02 Å². The zero-order valence-corrected chi connectivity index (χ0v) is 18.3. The molecule has 2 aromatic carbocycles. The van der Waals surface area contributed by atoms with Crippen LogP contribution in [-0.2, 0) is 6.42 Å². The van der Waals surface area contributed by atoms with Crippen molar-refractivity contribution in [2.45, 2.75) is 26.6 Å². The molecule has 0 aliphatic heterocycles. The van der Waals surface area contributed by atoms with Crippen molar-refractivity contribution in [3.05, 3.63) is 74.9 Å². The van der Waals surface area contributed by atoms with Crippen LogP contribution in [0.15, 0.2) is 47.4 Å². The van der Waals surface area contributed by atoms with Crippen molar-refractivity contribution >= 4 is 22.6 Å². The summed E-state index contributed by atoms with van der Waals surface area (Å²) in [5.41, 5.74) is 1.24. The molecule has 4 aromatic rings. The van der Waals surface area contributed by atoms with E-state index in [0.29, 0.717) is 23.1 Å². The molecule has 0 unspecified atom stereocenters. The van der Waals surface area contributed by atoms with Gasteiger partial charge in [0, 0.05) is 18.1 Å². The van der Waals surface area contributed by atoms with E-state index in [9.17, 15) is 18.0 Å². The maximum absolute atomic E-state index is 12.7. The van der Waals surface area contributed by atoms with Gasteiger partial charge >= 0.3 is 6.36 Å². The van der Waals surface area contributed by atoms with E-state index in [1.165, 1.54) is 29.1 Å². The Labute approximate surface area is 190 Å². The number of alkyl halides is 3. The van der Waals surface area contributed by atoms with Crippen LogP contribution in [0.4, 0.5) is 13.2 Å². The van der Waals surface area contributed by atoms with Gasteiger partial charge in [-0.15, -0.1) is 13.2 Å². The molecule has 7 nitrogen and oxygen atoms in total. The molecular weight excluding hydrogens is 461 g/mol. The highest BCUT2D eigenvalue weighted by Crippen LogP contribution is 2.31. The second kappa shape index (κ2) is 8.78. The summed E-state index contributed by atoms with van der Waals surface area (Å²) in [7, 11) is 0. The van der Waals surface area contributed by atoms with Crippen molar-refractivity contribution in [3.63, 3.8) is 0 Å². The topological polar surface area (TPSA) is 82.0 Å². The summed E-state index contributed by atoms with van der Waals surface area (Å²) in [6, 6.07) is 9.08. The Bertz CT molecular complexity index is 1380. The third-order valence-electron chi connectivity index (χ3n) is 4.82. The number of para-hydroxylation sites is 1. The number of H-pyrrole nitrogens is 1. The van der Waals surface area contributed by atoms with Crippen LogP contribution in [0, 0.1) is 6.92 Å². The first-order valence-electron chi connectivity index (χ1n) is 9.90. The number of hydrogen-bond donors (Lipinski definition) is 1. The van der Waals surface area contributed by atoms with E-state index in [0.717, 1.165) is 5.56 Å². The highest BCUT2D eigenvalue weighted by atomic mass is 35.5. The highest BCUT2D eigenvalue weighted by Gasteiger charge is 2.32. The number of nitrogens with one attached hydrogen (secondary N) is 1. The molecule has 0 fully saturated rings. The number of fused-ring (bicyclic) bond motifs is 1. The van der Waals surface area contributed by atoms with Crippen LogP contribution in [0.25, 0.3) is 16.7 Å². The fourth-order valence-corrected chi connectivity index (χ4v) is 3.63. The third kappa shape index (κ3) is 4.80. The second-order valence-electron chi connectivity index (χ2n) is 7.14. The Morgan fingerprint density at radius 1 is 1.18 bits per heavy atom. The molecule has 33 heavy (non-hydrogen) atoms. The Kier molecular flexibility index (Phi) is 6.03. The maximum atomic E-state index is 12.7. The fourth-order valence-electron chi connectivity index (χ4n) is 3.40. The minimum atomic E-state index is -4.85.